The summed E-state index contributed by atoms with van der Waals surface area (Å²) in [5, 5.41) is 2.78. The van der Waals surface area contributed by atoms with E-state index in [1.165, 1.54) is 0 Å². The highest BCUT2D eigenvalue weighted by Gasteiger charge is 2.20. The van der Waals surface area contributed by atoms with Crippen LogP contribution in [0.3, 0.4) is 0 Å². The van der Waals surface area contributed by atoms with Crippen LogP contribution in [-0.2, 0) is 16.0 Å². The molecule has 18 heavy (non-hydrogen) atoms. The quantitative estimate of drug-likeness (QED) is 0.820. The van der Waals surface area contributed by atoms with Crippen molar-refractivity contribution in [2.45, 2.75) is 19.4 Å². The van der Waals surface area contributed by atoms with Gasteiger partial charge in [-0.2, -0.15) is 0 Å². The Morgan fingerprint density at radius 2 is 2.00 bits per heavy atom. The van der Waals surface area contributed by atoms with Gasteiger partial charge in [0.2, 0.25) is 0 Å². The van der Waals surface area contributed by atoms with E-state index in [0.717, 1.165) is 5.56 Å². The number of rotatable bonds is 6. The minimum atomic E-state index is -0.564. The average molecular weight is 314 g/mol. The van der Waals surface area contributed by atoms with Gasteiger partial charge in [0.05, 0.1) is 18.0 Å². The van der Waals surface area contributed by atoms with Crippen LogP contribution in [0.1, 0.15) is 12.5 Å². The molecule has 0 fully saturated rings. The Balaban J connectivity index is 2.67. The number of amides is 1. The number of nitrogens with one attached hydrogen (secondary N) is 1. The number of benzene rings is 1. The number of carbonyl (C=O) groups is 2. The molecule has 1 amide bonds. The second-order valence-electron chi connectivity index (χ2n) is 3.71. The highest BCUT2D eigenvalue weighted by atomic mass is 79.9. The third kappa shape index (κ3) is 4.87. The van der Waals surface area contributed by atoms with E-state index in [4.69, 9.17) is 4.74 Å². The average Bonchev–Trinajstić information content (AvgIpc) is 2.38. The van der Waals surface area contributed by atoms with Crippen molar-refractivity contribution in [3.05, 3.63) is 35.9 Å². The van der Waals surface area contributed by atoms with Crippen LogP contribution in [0.25, 0.3) is 0 Å². The normalized spacial score (nSPS) is 11.7. The molecule has 1 N–H and O–H groups in total. The lowest BCUT2D eigenvalue weighted by molar-refractivity contribution is -0.118. The van der Waals surface area contributed by atoms with E-state index in [1.54, 1.807) is 6.92 Å². The molecule has 1 aromatic carbocycles. The molecule has 0 aliphatic heterocycles. The SMILES string of the molecule is CCOC(=O)NC(Cc1ccccc1)C(=O)CBr. The van der Waals surface area contributed by atoms with Gasteiger partial charge in [-0.1, -0.05) is 46.3 Å². The van der Waals surface area contributed by atoms with Gasteiger partial charge in [0.25, 0.3) is 0 Å². The zero-order chi connectivity index (χ0) is 13.4. The molecule has 1 aromatic rings. The van der Waals surface area contributed by atoms with Crippen LogP contribution >= 0.6 is 15.9 Å². The second-order valence-corrected chi connectivity index (χ2v) is 4.27. The minimum absolute atomic E-state index is 0.0769. The van der Waals surface area contributed by atoms with E-state index < -0.39 is 12.1 Å². The van der Waals surface area contributed by atoms with Gasteiger partial charge in [0, 0.05) is 0 Å². The fourth-order valence-corrected chi connectivity index (χ4v) is 1.89. The van der Waals surface area contributed by atoms with Gasteiger partial charge in [-0.25, -0.2) is 4.79 Å². The third-order valence-electron chi connectivity index (χ3n) is 2.37. The number of hydrogen-bond donors (Lipinski definition) is 1. The van der Waals surface area contributed by atoms with Gasteiger partial charge in [-0.3, -0.25) is 4.79 Å². The maximum absolute atomic E-state index is 11.7. The van der Waals surface area contributed by atoms with E-state index >= 15 is 0 Å². The number of alkyl halides is 1. The summed E-state index contributed by atoms with van der Waals surface area (Å²) >= 11 is 3.12. The van der Waals surface area contributed by atoms with Gasteiger partial charge in [-0.15, -0.1) is 0 Å². The van der Waals surface area contributed by atoms with E-state index in [2.05, 4.69) is 21.2 Å². The van der Waals surface area contributed by atoms with Crippen molar-refractivity contribution in [2.24, 2.45) is 0 Å². The van der Waals surface area contributed by atoms with Crippen LogP contribution in [-0.4, -0.2) is 29.9 Å². The molecule has 0 aromatic heterocycles. The highest BCUT2D eigenvalue weighted by molar-refractivity contribution is 9.09. The summed E-state index contributed by atoms with van der Waals surface area (Å²) in [5.41, 5.74) is 0.994. The summed E-state index contributed by atoms with van der Waals surface area (Å²) in [6.07, 6.45) is -0.0999. The summed E-state index contributed by atoms with van der Waals surface area (Å²) in [7, 11) is 0. The Kier molecular flexibility index (Phi) is 6.43. The fraction of sp³-hybridized carbons (Fsp3) is 0.385. The molecular formula is C13H16BrNO3. The maximum Gasteiger partial charge on any atom is 0.407 e. The van der Waals surface area contributed by atoms with Gasteiger partial charge in [-0.05, 0) is 18.9 Å². The minimum Gasteiger partial charge on any atom is -0.450 e. The van der Waals surface area contributed by atoms with Crippen LogP contribution in [0.15, 0.2) is 30.3 Å². The maximum atomic E-state index is 11.7. The number of ether oxygens (including phenoxy) is 1. The zero-order valence-electron chi connectivity index (χ0n) is 10.2. The Bertz CT molecular complexity index is 394. The lowest BCUT2D eigenvalue weighted by atomic mass is 10.0. The number of halogens is 1. The molecule has 1 unspecified atom stereocenters. The second kappa shape index (κ2) is 7.87. The topological polar surface area (TPSA) is 55.4 Å². The van der Waals surface area contributed by atoms with E-state index in [1.807, 2.05) is 30.3 Å². The lowest BCUT2D eigenvalue weighted by Crippen LogP contribution is -2.43. The number of ketones is 1. The van der Waals surface area contributed by atoms with Gasteiger partial charge >= 0.3 is 6.09 Å². The van der Waals surface area contributed by atoms with Crippen molar-refractivity contribution in [3.63, 3.8) is 0 Å². The predicted octanol–water partition coefficient (Wildman–Crippen LogP) is 2.31. The Morgan fingerprint density at radius 1 is 1.33 bits per heavy atom. The summed E-state index contributed by atoms with van der Waals surface area (Å²) in [6.45, 7) is 2.00. The highest BCUT2D eigenvalue weighted by Crippen LogP contribution is 2.05. The van der Waals surface area contributed by atoms with E-state index in [-0.39, 0.29) is 17.7 Å². The summed E-state index contributed by atoms with van der Waals surface area (Å²) in [5.74, 6) is -0.0769. The summed E-state index contributed by atoms with van der Waals surface area (Å²) in [6, 6.07) is 8.97. The molecule has 5 heteroatoms. The largest absolute Gasteiger partial charge is 0.450 e. The molecular weight excluding hydrogens is 298 g/mol. The van der Waals surface area contributed by atoms with Crippen molar-refractivity contribution in [3.8, 4) is 0 Å². The van der Waals surface area contributed by atoms with E-state index in [0.29, 0.717) is 6.42 Å². The molecule has 1 rings (SSSR count). The molecule has 0 aliphatic rings. The van der Waals surface area contributed by atoms with Crippen LogP contribution in [0.2, 0.25) is 0 Å². The van der Waals surface area contributed by atoms with Gasteiger partial charge in [0.1, 0.15) is 0 Å². The van der Waals surface area contributed by atoms with Crippen LogP contribution in [0.5, 0.6) is 0 Å². The summed E-state index contributed by atoms with van der Waals surface area (Å²) in [4.78, 5) is 23.1. The first-order valence-electron chi connectivity index (χ1n) is 5.73. The standard InChI is InChI=1S/C13H16BrNO3/c1-2-18-13(17)15-11(12(16)9-14)8-10-6-4-3-5-7-10/h3-7,11H,2,8-9H2,1H3,(H,15,17). The number of alkyl carbamates (subject to hydrolysis) is 1. The van der Waals surface area contributed by atoms with Crippen molar-refractivity contribution >= 4 is 27.8 Å². The predicted molar refractivity (Wildman–Crippen MR) is 72.9 cm³/mol. The first-order valence-corrected chi connectivity index (χ1v) is 6.85. The number of carbonyl (C=O) groups excluding carboxylic acids is 2. The Morgan fingerprint density at radius 3 is 2.56 bits per heavy atom. The monoisotopic (exact) mass is 313 g/mol. The Labute approximate surface area is 115 Å². The van der Waals surface area contributed by atoms with Crippen molar-refractivity contribution < 1.29 is 14.3 Å². The summed E-state index contributed by atoms with van der Waals surface area (Å²) < 4.78 is 4.79. The molecule has 0 bridgehead atoms. The molecule has 98 valence electrons. The first-order chi connectivity index (χ1) is 8.67. The van der Waals surface area contributed by atoms with Crippen molar-refractivity contribution in [2.75, 3.05) is 11.9 Å². The number of hydrogen-bond acceptors (Lipinski definition) is 3. The van der Waals surface area contributed by atoms with Gasteiger partial charge in [0.15, 0.2) is 5.78 Å². The molecule has 0 aliphatic carbocycles. The molecule has 0 saturated heterocycles. The van der Waals surface area contributed by atoms with Crippen LogP contribution in [0.4, 0.5) is 4.79 Å². The first kappa shape index (κ1) is 14.7. The van der Waals surface area contributed by atoms with Crippen molar-refractivity contribution in [1.29, 1.82) is 0 Å². The molecule has 0 saturated carbocycles. The number of Topliss-reactive ketones (excluding diaryl/α,β-unsaturated/α-hetero) is 1. The fourth-order valence-electron chi connectivity index (χ4n) is 1.50. The molecule has 1 atom stereocenters. The molecule has 4 nitrogen and oxygen atoms in total. The van der Waals surface area contributed by atoms with Crippen LogP contribution in [0, 0.1) is 0 Å². The Hall–Kier alpha value is -1.36. The van der Waals surface area contributed by atoms with Crippen LogP contribution < -0.4 is 5.32 Å². The van der Waals surface area contributed by atoms with Gasteiger partial charge < -0.3 is 10.1 Å². The lowest BCUT2D eigenvalue weighted by Gasteiger charge is -2.16. The smallest absolute Gasteiger partial charge is 0.407 e. The zero-order valence-corrected chi connectivity index (χ0v) is 11.8. The molecule has 0 spiro atoms. The molecule has 0 heterocycles. The third-order valence-corrected chi connectivity index (χ3v) is 2.92. The van der Waals surface area contributed by atoms with E-state index in [9.17, 15) is 9.59 Å². The van der Waals surface area contributed by atoms with Crippen molar-refractivity contribution in [1.82, 2.24) is 5.32 Å². The molecule has 0 radical (unpaired) electrons.